The zero-order chi connectivity index (χ0) is 19.0. The zero-order valence-corrected chi connectivity index (χ0v) is 15.4. The van der Waals surface area contributed by atoms with Gasteiger partial charge in [0, 0.05) is 42.7 Å². The summed E-state index contributed by atoms with van der Waals surface area (Å²) in [5.74, 6) is 0.0218. The first-order valence-electron chi connectivity index (χ1n) is 9.34. The van der Waals surface area contributed by atoms with E-state index in [2.05, 4.69) is 9.88 Å². The summed E-state index contributed by atoms with van der Waals surface area (Å²) in [6.45, 7) is 4.86. The van der Waals surface area contributed by atoms with E-state index < -0.39 is 11.4 Å². The number of ether oxygens (including phenoxy) is 2. The zero-order valence-electron chi connectivity index (χ0n) is 15.4. The first-order valence-corrected chi connectivity index (χ1v) is 9.34. The molecule has 7 heteroatoms. The first kappa shape index (κ1) is 18.0. The largest absolute Gasteiger partial charge is 0.494 e. The lowest BCUT2D eigenvalue weighted by molar-refractivity contribution is -0.159. The van der Waals surface area contributed by atoms with Crippen molar-refractivity contribution in [3.05, 3.63) is 40.2 Å². The predicted molar refractivity (Wildman–Crippen MR) is 100 cm³/mol. The van der Waals surface area contributed by atoms with Gasteiger partial charge < -0.3 is 19.6 Å². The number of likely N-dealkylation sites (tertiary alicyclic amines) is 1. The molecule has 0 unspecified atom stereocenters. The molecule has 1 aromatic heterocycles. The lowest BCUT2D eigenvalue weighted by Gasteiger charge is -2.34. The highest BCUT2D eigenvalue weighted by molar-refractivity contribution is 5.80. The molecule has 2 N–H and O–H groups in total. The number of H-pyrrole nitrogens is 1. The molecule has 2 fully saturated rings. The number of rotatable bonds is 5. The summed E-state index contributed by atoms with van der Waals surface area (Å²) < 4.78 is 11.0. The third-order valence-electron chi connectivity index (χ3n) is 5.76. The van der Waals surface area contributed by atoms with Crippen molar-refractivity contribution in [3.8, 4) is 5.75 Å². The van der Waals surface area contributed by atoms with Crippen LogP contribution in [0, 0.1) is 11.3 Å². The number of hydrogen-bond donors (Lipinski definition) is 2. The maximum absolute atomic E-state index is 12.5. The summed E-state index contributed by atoms with van der Waals surface area (Å²) >= 11 is 0. The van der Waals surface area contributed by atoms with Crippen molar-refractivity contribution in [3.63, 3.8) is 0 Å². The first-order chi connectivity index (χ1) is 13.0. The van der Waals surface area contributed by atoms with E-state index >= 15 is 0 Å². The average Bonchev–Trinajstić information content (AvgIpc) is 3.02. The molecule has 0 radical (unpaired) electrons. The van der Waals surface area contributed by atoms with Gasteiger partial charge in [-0.05, 0) is 43.5 Å². The Hall–Kier alpha value is -2.38. The molecule has 2 atom stereocenters. The molecule has 144 valence electrons. The fourth-order valence-electron chi connectivity index (χ4n) is 4.36. The molecule has 0 aliphatic carbocycles. The van der Waals surface area contributed by atoms with Gasteiger partial charge in [-0.2, -0.15) is 0 Å². The molecule has 0 bridgehead atoms. The minimum Gasteiger partial charge on any atom is -0.494 e. The topological polar surface area (TPSA) is 91.9 Å². The van der Waals surface area contributed by atoms with Crippen LogP contribution in [0.5, 0.6) is 5.75 Å². The van der Waals surface area contributed by atoms with Gasteiger partial charge >= 0.3 is 5.97 Å². The van der Waals surface area contributed by atoms with Crippen LogP contribution in [0.4, 0.5) is 0 Å². The highest BCUT2D eigenvalue weighted by Gasteiger charge is 2.54. The minimum absolute atomic E-state index is 0.0628. The minimum atomic E-state index is -0.857. The van der Waals surface area contributed by atoms with Crippen molar-refractivity contribution >= 4 is 16.9 Å². The number of nitrogens with one attached hydrogen (secondary N) is 1. The van der Waals surface area contributed by atoms with Crippen molar-refractivity contribution in [2.24, 2.45) is 11.3 Å². The van der Waals surface area contributed by atoms with Crippen LogP contribution < -0.4 is 10.3 Å². The third kappa shape index (κ3) is 3.21. The van der Waals surface area contributed by atoms with E-state index in [9.17, 15) is 14.7 Å². The molecule has 0 saturated carbocycles. The molecule has 2 aliphatic heterocycles. The summed E-state index contributed by atoms with van der Waals surface area (Å²) in [7, 11) is 0. The molecule has 2 aromatic rings. The summed E-state index contributed by atoms with van der Waals surface area (Å²) in [5.41, 5.74) is 0.403. The maximum atomic E-state index is 12.5. The highest BCUT2D eigenvalue weighted by Crippen LogP contribution is 2.42. The number of aliphatic carboxylic acids is 1. The Bertz CT molecular complexity index is 924. The Kier molecular flexibility index (Phi) is 4.65. The maximum Gasteiger partial charge on any atom is 0.313 e. The van der Waals surface area contributed by atoms with E-state index in [4.69, 9.17) is 9.47 Å². The quantitative estimate of drug-likeness (QED) is 0.832. The van der Waals surface area contributed by atoms with Gasteiger partial charge in [0.1, 0.15) is 11.2 Å². The van der Waals surface area contributed by atoms with Gasteiger partial charge in [0.05, 0.1) is 13.2 Å². The second-order valence-corrected chi connectivity index (χ2v) is 7.47. The van der Waals surface area contributed by atoms with E-state index in [1.165, 1.54) is 0 Å². The highest BCUT2D eigenvalue weighted by atomic mass is 16.5. The van der Waals surface area contributed by atoms with Gasteiger partial charge in [-0.1, -0.05) is 0 Å². The Balaban J connectivity index is 1.60. The number of fused-ring (bicyclic) bond motifs is 2. The summed E-state index contributed by atoms with van der Waals surface area (Å²) in [6, 6.07) is 7.47. The molecule has 2 aliphatic rings. The van der Waals surface area contributed by atoms with Crippen LogP contribution in [-0.2, 0) is 16.1 Å². The molecule has 0 amide bonds. The molecule has 7 nitrogen and oxygen atoms in total. The van der Waals surface area contributed by atoms with Crippen molar-refractivity contribution in [2.75, 3.05) is 32.9 Å². The fourth-order valence-corrected chi connectivity index (χ4v) is 4.36. The van der Waals surface area contributed by atoms with Gasteiger partial charge in [-0.15, -0.1) is 0 Å². The Morgan fingerprint density at radius 2 is 2.30 bits per heavy atom. The number of nitrogens with zero attached hydrogens (tertiary/aromatic N) is 1. The smallest absolute Gasteiger partial charge is 0.313 e. The monoisotopic (exact) mass is 372 g/mol. The van der Waals surface area contributed by atoms with E-state index in [0.717, 1.165) is 23.1 Å². The molecule has 3 heterocycles. The van der Waals surface area contributed by atoms with Crippen molar-refractivity contribution < 1.29 is 19.4 Å². The van der Waals surface area contributed by atoms with Gasteiger partial charge in [-0.25, -0.2) is 0 Å². The Labute approximate surface area is 156 Å². The van der Waals surface area contributed by atoms with E-state index in [1.54, 1.807) is 0 Å². The number of aromatic nitrogens is 1. The fraction of sp³-hybridized carbons (Fsp3) is 0.500. The van der Waals surface area contributed by atoms with Crippen molar-refractivity contribution in [1.29, 1.82) is 0 Å². The van der Waals surface area contributed by atoms with Crippen molar-refractivity contribution in [2.45, 2.75) is 19.9 Å². The van der Waals surface area contributed by atoms with Gasteiger partial charge in [0.15, 0.2) is 0 Å². The number of aromatic amines is 1. The standard InChI is InChI=1S/C20H24N2O5/c1-2-27-16-3-4-17-13(8-16)7-14(18(23)21-17)9-22-10-15-5-6-26-12-20(15,11-22)19(24)25/h3-4,7-8,15H,2,5-6,9-12H2,1H3,(H,21,23)(H,24,25)/t15-,20+/m0/s1. The molecular formula is C20H24N2O5. The Morgan fingerprint density at radius 3 is 3.04 bits per heavy atom. The molecule has 4 rings (SSSR count). The number of carboxylic acid groups (broad SMARTS) is 1. The molecule has 0 spiro atoms. The van der Waals surface area contributed by atoms with E-state index in [-0.39, 0.29) is 18.1 Å². The average molecular weight is 372 g/mol. The number of pyridine rings is 1. The van der Waals surface area contributed by atoms with Gasteiger partial charge in [0.25, 0.3) is 5.56 Å². The molecule has 1 aromatic carbocycles. The van der Waals surface area contributed by atoms with Crippen LogP contribution >= 0.6 is 0 Å². The second kappa shape index (κ2) is 6.98. The predicted octanol–water partition coefficient (Wildman–Crippen LogP) is 1.85. The van der Waals surface area contributed by atoms with Crippen molar-refractivity contribution in [1.82, 2.24) is 9.88 Å². The summed E-state index contributed by atoms with van der Waals surface area (Å²) in [5, 5.41) is 10.7. The van der Waals surface area contributed by atoms with Crippen LogP contribution in [0.15, 0.2) is 29.1 Å². The molecular weight excluding hydrogens is 348 g/mol. The van der Waals surface area contributed by atoms with Crippen LogP contribution in [0.3, 0.4) is 0 Å². The van der Waals surface area contributed by atoms with Crippen LogP contribution in [-0.4, -0.2) is 53.9 Å². The van der Waals surface area contributed by atoms with Crippen LogP contribution in [0.1, 0.15) is 18.9 Å². The van der Waals surface area contributed by atoms with Gasteiger partial charge in [-0.3, -0.25) is 14.5 Å². The summed E-state index contributed by atoms with van der Waals surface area (Å²) in [6.07, 6.45) is 0.745. The number of hydrogen-bond acceptors (Lipinski definition) is 5. The third-order valence-corrected chi connectivity index (χ3v) is 5.76. The number of carboxylic acids is 1. The van der Waals surface area contributed by atoms with Gasteiger partial charge in [0.2, 0.25) is 0 Å². The molecule has 27 heavy (non-hydrogen) atoms. The van der Waals surface area contributed by atoms with E-state index in [0.29, 0.717) is 38.4 Å². The lowest BCUT2D eigenvalue weighted by Crippen LogP contribution is -2.46. The lowest BCUT2D eigenvalue weighted by atomic mass is 9.76. The SMILES string of the molecule is CCOc1ccc2[nH]c(=O)c(CN3C[C@@H]4CCOC[C@]4(C(=O)O)C3)cc2c1. The van der Waals surface area contributed by atoms with E-state index in [1.807, 2.05) is 31.2 Å². The summed E-state index contributed by atoms with van der Waals surface area (Å²) in [4.78, 5) is 29.4. The normalized spacial score (nSPS) is 25.4. The Morgan fingerprint density at radius 1 is 1.44 bits per heavy atom. The number of carbonyl (C=O) groups is 1. The molecule has 2 saturated heterocycles. The second-order valence-electron chi connectivity index (χ2n) is 7.47. The number of benzene rings is 1. The van der Waals surface area contributed by atoms with Crippen LogP contribution in [0.2, 0.25) is 0 Å². The van der Waals surface area contributed by atoms with Crippen LogP contribution in [0.25, 0.3) is 10.9 Å².